The van der Waals surface area contributed by atoms with Crippen molar-refractivity contribution < 1.29 is 9.59 Å². The van der Waals surface area contributed by atoms with Crippen LogP contribution >= 0.6 is 11.3 Å². The highest BCUT2D eigenvalue weighted by Gasteiger charge is 2.08. The van der Waals surface area contributed by atoms with Crippen LogP contribution in [0.25, 0.3) is 10.1 Å². The Morgan fingerprint density at radius 2 is 2.21 bits per heavy atom. The average molecular weight is 203 g/mol. The second-order valence-electron chi connectivity index (χ2n) is 2.91. The molecule has 2 nitrogen and oxygen atoms in total. The Morgan fingerprint density at radius 1 is 1.43 bits per heavy atom. The average Bonchev–Trinajstić information content (AvgIpc) is 2.59. The molecule has 1 radical (unpaired) electrons. The molecule has 0 amide bonds. The molecule has 0 spiro atoms. The zero-order valence-electron chi connectivity index (χ0n) is 7.32. The smallest absolute Gasteiger partial charge is 0.164 e. The van der Waals surface area contributed by atoms with Gasteiger partial charge in [0.05, 0.1) is 4.88 Å². The molecule has 3 heteroatoms. The summed E-state index contributed by atoms with van der Waals surface area (Å²) in [6.07, 6.45) is 0.794. The second-order valence-corrected chi connectivity index (χ2v) is 4.00. The number of fused-ring (bicyclic) bond motifs is 1. The summed E-state index contributed by atoms with van der Waals surface area (Å²) >= 11 is 1.32. The fraction of sp³-hybridized carbons (Fsp3) is 0. The molecule has 1 aromatic carbocycles. The normalized spacial score (nSPS) is 10.4. The molecule has 0 aliphatic rings. The van der Waals surface area contributed by atoms with Crippen LogP contribution in [0.3, 0.4) is 0 Å². The number of benzene rings is 1. The summed E-state index contributed by atoms with van der Waals surface area (Å²) in [6.45, 7) is 3.37. The van der Waals surface area contributed by atoms with Gasteiger partial charge in [0.25, 0.3) is 0 Å². The van der Waals surface area contributed by atoms with E-state index in [2.05, 4.69) is 6.92 Å². The predicted molar refractivity (Wildman–Crippen MR) is 56.9 cm³/mol. The Balaban J connectivity index is 2.79. The van der Waals surface area contributed by atoms with Gasteiger partial charge in [0.15, 0.2) is 12.1 Å². The van der Waals surface area contributed by atoms with Crippen LogP contribution in [0.15, 0.2) is 24.3 Å². The SMILES string of the molecule is [CH2]C(=O)c1cccc2cc(C=O)sc12. The van der Waals surface area contributed by atoms with Crippen molar-refractivity contribution in [3.63, 3.8) is 0 Å². The summed E-state index contributed by atoms with van der Waals surface area (Å²) in [4.78, 5) is 22.4. The number of carbonyl (C=O) groups excluding carboxylic acids is 2. The molecule has 0 aliphatic carbocycles. The Labute approximate surface area is 85.2 Å². The van der Waals surface area contributed by atoms with Gasteiger partial charge in [-0.15, -0.1) is 11.3 Å². The van der Waals surface area contributed by atoms with Gasteiger partial charge in [0.2, 0.25) is 0 Å². The third kappa shape index (κ3) is 1.36. The van der Waals surface area contributed by atoms with Crippen molar-refractivity contribution in [1.29, 1.82) is 0 Å². The molecule has 0 N–H and O–H groups in total. The van der Waals surface area contributed by atoms with Gasteiger partial charge in [-0.1, -0.05) is 12.1 Å². The molecule has 0 atom stereocenters. The minimum absolute atomic E-state index is 0.213. The van der Waals surface area contributed by atoms with Crippen molar-refractivity contribution in [2.24, 2.45) is 0 Å². The topological polar surface area (TPSA) is 34.1 Å². The van der Waals surface area contributed by atoms with Gasteiger partial charge in [0.1, 0.15) is 0 Å². The maximum atomic E-state index is 11.2. The Bertz CT molecular complexity index is 511. The number of hydrogen-bond acceptors (Lipinski definition) is 3. The fourth-order valence-electron chi connectivity index (χ4n) is 1.36. The Hall–Kier alpha value is -1.48. The molecule has 2 aromatic rings. The number of Topliss-reactive ketones (excluding diaryl/α,β-unsaturated/α-hetero) is 1. The highest BCUT2D eigenvalue weighted by Crippen LogP contribution is 2.27. The van der Waals surface area contributed by atoms with E-state index >= 15 is 0 Å². The van der Waals surface area contributed by atoms with E-state index in [4.69, 9.17) is 0 Å². The largest absolute Gasteiger partial charge is 0.297 e. The monoisotopic (exact) mass is 203 g/mol. The van der Waals surface area contributed by atoms with E-state index in [9.17, 15) is 9.59 Å². The van der Waals surface area contributed by atoms with Crippen LogP contribution in [0.4, 0.5) is 0 Å². The van der Waals surface area contributed by atoms with Crippen molar-refractivity contribution in [2.45, 2.75) is 0 Å². The lowest BCUT2D eigenvalue weighted by Crippen LogP contribution is -1.90. The summed E-state index contributed by atoms with van der Waals surface area (Å²) in [5.74, 6) is -0.213. The number of ketones is 1. The first-order valence-corrected chi connectivity index (χ1v) is 4.88. The van der Waals surface area contributed by atoms with Crippen LogP contribution in [0, 0.1) is 6.92 Å². The minimum Gasteiger partial charge on any atom is -0.297 e. The third-order valence-electron chi connectivity index (χ3n) is 1.98. The van der Waals surface area contributed by atoms with Crippen molar-refractivity contribution in [3.05, 3.63) is 41.6 Å². The van der Waals surface area contributed by atoms with Crippen molar-refractivity contribution in [3.8, 4) is 0 Å². The molecule has 1 aromatic heterocycles. The van der Waals surface area contributed by atoms with Crippen molar-refractivity contribution in [2.75, 3.05) is 0 Å². The van der Waals surface area contributed by atoms with Gasteiger partial charge in [0, 0.05) is 17.2 Å². The van der Waals surface area contributed by atoms with Gasteiger partial charge in [-0.05, 0) is 17.5 Å². The van der Waals surface area contributed by atoms with Crippen molar-refractivity contribution in [1.82, 2.24) is 0 Å². The molecule has 2 rings (SSSR count). The summed E-state index contributed by atoms with van der Waals surface area (Å²) in [5.41, 5.74) is 0.584. The van der Waals surface area contributed by atoms with Crippen LogP contribution < -0.4 is 0 Å². The highest BCUT2D eigenvalue weighted by molar-refractivity contribution is 7.20. The number of carbonyl (C=O) groups is 2. The lowest BCUT2D eigenvalue weighted by Gasteiger charge is -1.95. The number of aldehydes is 1. The Morgan fingerprint density at radius 3 is 2.86 bits per heavy atom. The van der Waals surface area contributed by atoms with Gasteiger partial charge in [-0.25, -0.2) is 0 Å². The van der Waals surface area contributed by atoms with Gasteiger partial charge < -0.3 is 0 Å². The molecule has 0 unspecified atom stereocenters. The van der Waals surface area contributed by atoms with Crippen molar-refractivity contribution >= 4 is 33.5 Å². The van der Waals surface area contributed by atoms with Crippen LogP contribution in [0.5, 0.6) is 0 Å². The number of rotatable bonds is 2. The summed E-state index contributed by atoms with van der Waals surface area (Å²) in [5, 5.41) is 0.923. The minimum atomic E-state index is -0.213. The molecule has 0 bridgehead atoms. The summed E-state index contributed by atoms with van der Waals surface area (Å²) in [7, 11) is 0. The fourth-order valence-corrected chi connectivity index (χ4v) is 2.37. The van der Waals surface area contributed by atoms with Gasteiger partial charge >= 0.3 is 0 Å². The standard InChI is InChI=1S/C11H7O2S/c1-7(13)10-4-2-3-8-5-9(6-12)14-11(8)10/h2-6H,1H2. The van der Waals surface area contributed by atoms with E-state index in [1.807, 2.05) is 6.07 Å². The van der Waals surface area contributed by atoms with Crippen LogP contribution in [0.1, 0.15) is 20.0 Å². The molecular formula is C11H7O2S. The first-order valence-electron chi connectivity index (χ1n) is 4.06. The maximum Gasteiger partial charge on any atom is 0.164 e. The molecular weight excluding hydrogens is 196 g/mol. The van der Waals surface area contributed by atoms with E-state index in [0.717, 1.165) is 16.4 Å². The first-order chi connectivity index (χ1) is 6.72. The molecule has 69 valence electrons. The Kier molecular flexibility index (Phi) is 2.17. The lowest BCUT2D eigenvalue weighted by atomic mass is 10.1. The highest BCUT2D eigenvalue weighted by atomic mass is 32.1. The molecule has 0 fully saturated rings. The molecule has 0 saturated heterocycles. The summed E-state index contributed by atoms with van der Waals surface area (Å²) < 4.78 is 0.842. The van der Waals surface area contributed by atoms with Gasteiger partial charge in [-0.3, -0.25) is 9.59 Å². The van der Waals surface area contributed by atoms with E-state index in [1.54, 1.807) is 18.2 Å². The maximum absolute atomic E-state index is 11.2. The van der Waals surface area contributed by atoms with Crippen LogP contribution in [-0.4, -0.2) is 12.1 Å². The first kappa shape index (κ1) is 9.09. The second kappa shape index (κ2) is 3.35. The molecule has 14 heavy (non-hydrogen) atoms. The lowest BCUT2D eigenvalue weighted by molar-refractivity contribution is 0.104. The van der Waals surface area contributed by atoms with Crippen LogP contribution in [0.2, 0.25) is 0 Å². The predicted octanol–water partition coefficient (Wildman–Crippen LogP) is 2.73. The zero-order chi connectivity index (χ0) is 10.1. The molecule has 0 aliphatic heterocycles. The summed E-state index contributed by atoms with van der Waals surface area (Å²) in [6, 6.07) is 7.18. The zero-order valence-corrected chi connectivity index (χ0v) is 8.14. The van der Waals surface area contributed by atoms with E-state index < -0.39 is 0 Å². The quantitative estimate of drug-likeness (QED) is 0.555. The van der Waals surface area contributed by atoms with Gasteiger partial charge in [-0.2, -0.15) is 0 Å². The van der Waals surface area contributed by atoms with E-state index in [0.29, 0.717) is 10.4 Å². The molecule has 1 heterocycles. The van der Waals surface area contributed by atoms with E-state index in [1.165, 1.54) is 11.3 Å². The molecule has 0 saturated carbocycles. The van der Waals surface area contributed by atoms with E-state index in [-0.39, 0.29) is 5.78 Å². The third-order valence-corrected chi connectivity index (χ3v) is 3.09. The number of hydrogen-bond donors (Lipinski definition) is 0. The number of thiophene rings is 1. The van der Waals surface area contributed by atoms with Crippen LogP contribution in [-0.2, 0) is 0 Å².